The molecule has 0 fully saturated rings. The quantitative estimate of drug-likeness (QED) is 0.887. The summed E-state index contributed by atoms with van der Waals surface area (Å²) >= 11 is 0. The van der Waals surface area contributed by atoms with Gasteiger partial charge in [0.05, 0.1) is 12.8 Å². The van der Waals surface area contributed by atoms with E-state index >= 15 is 0 Å². The van der Waals surface area contributed by atoms with Crippen LogP contribution in [0, 0.1) is 0 Å². The summed E-state index contributed by atoms with van der Waals surface area (Å²) in [5, 5.41) is 2.93. The van der Waals surface area contributed by atoms with Crippen LogP contribution in [0.1, 0.15) is 11.3 Å². The highest BCUT2D eigenvalue weighted by atomic mass is 19.4. The van der Waals surface area contributed by atoms with Crippen molar-refractivity contribution in [3.8, 4) is 11.5 Å². The Kier molecular flexibility index (Phi) is 4.74. The number of para-hydroxylation sites is 2. The van der Waals surface area contributed by atoms with Crippen molar-refractivity contribution in [2.75, 3.05) is 7.05 Å². The molecule has 0 unspecified atom stereocenters. The topological polar surface area (TPSA) is 43.6 Å². The lowest BCUT2D eigenvalue weighted by Crippen LogP contribution is -2.17. The average molecular weight is 301 g/mol. The smallest absolute Gasteiger partial charge is 0.485 e. The van der Waals surface area contributed by atoms with Crippen LogP contribution >= 0.6 is 0 Å². The van der Waals surface area contributed by atoms with Gasteiger partial charge in [-0.1, -0.05) is 12.1 Å². The van der Waals surface area contributed by atoms with Crippen LogP contribution in [0.3, 0.4) is 0 Å². The van der Waals surface area contributed by atoms with E-state index in [1.54, 1.807) is 19.2 Å². The van der Waals surface area contributed by atoms with Gasteiger partial charge in [-0.25, -0.2) is 0 Å². The fourth-order valence-corrected chi connectivity index (χ4v) is 1.75. The minimum absolute atomic E-state index is 0.0198. The summed E-state index contributed by atoms with van der Waals surface area (Å²) in [5.41, 5.74) is 0.756. The Morgan fingerprint density at radius 3 is 2.52 bits per heavy atom. The first-order valence-corrected chi connectivity index (χ1v) is 6.17. The van der Waals surface area contributed by atoms with Crippen molar-refractivity contribution in [2.45, 2.75) is 19.5 Å². The number of rotatable bonds is 6. The summed E-state index contributed by atoms with van der Waals surface area (Å²) in [7, 11) is 1.76. The Balaban J connectivity index is 2.08. The van der Waals surface area contributed by atoms with Crippen molar-refractivity contribution >= 4 is 0 Å². The predicted octanol–water partition coefficient (Wildman–Crippen LogP) is 3.48. The zero-order valence-electron chi connectivity index (χ0n) is 11.2. The van der Waals surface area contributed by atoms with E-state index in [0.717, 1.165) is 5.56 Å². The summed E-state index contributed by atoms with van der Waals surface area (Å²) < 4.78 is 51.5. The maximum atomic E-state index is 12.3. The molecule has 0 atom stereocenters. The molecule has 0 radical (unpaired) electrons. The minimum Gasteiger partial charge on any atom is -0.485 e. The number of hydrogen-bond acceptors (Lipinski definition) is 4. The fraction of sp³-hybridized carbons (Fsp3) is 0.286. The van der Waals surface area contributed by atoms with E-state index in [0.29, 0.717) is 12.3 Å². The number of ether oxygens (including phenoxy) is 2. The van der Waals surface area contributed by atoms with Gasteiger partial charge in [0, 0.05) is 5.56 Å². The summed E-state index contributed by atoms with van der Waals surface area (Å²) in [6.07, 6.45) is -3.25. The zero-order chi connectivity index (χ0) is 15.3. The molecule has 0 spiro atoms. The molecule has 7 heteroatoms. The second-order valence-corrected chi connectivity index (χ2v) is 4.18. The highest BCUT2D eigenvalue weighted by molar-refractivity contribution is 5.39. The molecule has 0 saturated heterocycles. The fourth-order valence-electron chi connectivity index (χ4n) is 1.75. The van der Waals surface area contributed by atoms with Gasteiger partial charge in [0.15, 0.2) is 11.5 Å². The van der Waals surface area contributed by atoms with Gasteiger partial charge >= 0.3 is 6.36 Å². The van der Waals surface area contributed by atoms with Gasteiger partial charge < -0.3 is 19.2 Å². The van der Waals surface area contributed by atoms with Crippen LogP contribution in [0.4, 0.5) is 13.2 Å². The number of benzene rings is 1. The van der Waals surface area contributed by atoms with Crippen molar-refractivity contribution in [3.05, 3.63) is 47.9 Å². The maximum Gasteiger partial charge on any atom is 0.573 e. The Bertz CT molecular complexity index is 581. The van der Waals surface area contributed by atoms with Crippen LogP contribution in [-0.4, -0.2) is 13.4 Å². The van der Waals surface area contributed by atoms with Crippen molar-refractivity contribution in [1.82, 2.24) is 5.32 Å². The van der Waals surface area contributed by atoms with Gasteiger partial charge in [0.1, 0.15) is 12.4 Å². The standard InChI is InChI=1S/C14H14F3NO3/c1-18-8-13-10(6-7-19-13)9-20-11-4-2-3-5-12(11)21-14(15,16)17/h2-7,18H,8-9H2,1H3. The third-order valence-electron chi connectivity index (χ3n) is 2.63. The number of furan rings is 1. The molecule has 4 nitrogen and oxygen atoms in total. The van der Waals surface area contributed by atoms with E-state index in [2.05, 4.69) is 10.1 Å². The lowest BCUT2D eigenvalue weighted by atomic mass is 10.2. The highest BCUT2D eigenvalue weighted by Crippen LogP contribution is 2.32. The largest absolute Gasteiger partial charge is 0.573 e. The third-order valence-corrected chi connectivity index (χ3v) is 2.63. The molecule has 1 heterocycles. The van der Waals surface area contributed by atoms with E-state index in [1.165, 1.54) is 24.5 Å². The minimum atomic E-state index is -4.76. The lowest BCUT2D eigenvalue weighted by Gasteiger charge is -2.13. The first-order chi connectivity index (χ1) is 9.99. The van der Waals surface area contributed by atoms with Crippen molar-refractivity contribution < 1.29 is 27.1 Å². The summed E-state index contributed by atoms with van der Waals surface area (Å²) in [6, 6.07) is 7.34. The van der Waals surface area contributed by atoms with E-state index in [9.17, 15) is 13.2 Å². The van der Waals surface area contributed by atoms with Crippen molar-refractivity contribution in [1.29, 1.82) is 0 Å². The molecular formula is C14H14F3NO3. The Hall–Kier alpha value is -2.15. The Labute approximate surface area is 119 Å². The molecule has 1 aromatic heterocycles. The highest BCUT2D eigenvalue weighted by Gasteiger charge is 2.32. The van der Waals surface area contributed by atoms with E-state index in [1.807, 2.05) is 0 Å². The van der Waals surface area contributed by atoms with Crippen LogP contribution in [0.25, 0.3) is 0 Å². The molecule has 0 aliphatic rings. The zero-order valence-corrected chi connectivity index (χ0v) is 11.2. The van der Waals surface area contributed by atoms with Crippen LogP contribution in [-0.2, 0) is 13.2 Å². The van der Waals surface area contributed by atoms with Gasteiger partial charge in [-0.2, -0.15) is 0 Å². The molecule has 0 aliphatic carbocycles. The monoisotopic (exact) mass is 301 g/mol. The number of hydrogen-bond donors (Lipinski definition) is 1. The molecule has 1 aromatic carbocycles. The Morgan fingerprint density at radius 1 is 1.14 bits per heavy atom. The van der Waals surface area contributed by atoms with E-state index in [4.69, 9.17) is 9.15 Å². The van der Waals surface area contributed by atoms with Gasteiger partial charge in [-0.3, -0.25) is 0 Å². The molecule has 1 N–H and O–H groups in total. The summed E-state index contributed by atoms with van der Waals surface area (Å²) in [6.45, 7) is 0.595. The Morgan fingerprint density at radius 2 is 1.86 bits per heavy atom. The molecule has 0 amide bonds. The second-order valence-electron chi connectivity index (χ2n) is 4.18. The molecule has 0 saturated carbocycles. The molecule has 0 bridgehead atoms. The molecule has 2 aromatic rings. The van der Waals surface area contributed by atoms with E-state index < -0.39 is 6.36 Å². The molecule has 2 rings (SSSR count). The normalized spacial score (nSPS) is 11.4. The van der Waals surface area contributed by atoms with Crippen LogP contribution < -0.4 is 14.8 Å². The summed E-state index contributed by atoms with van der Waals surface area (Å²) in [4.78, 5) is 0. The van der Waals surface area contributed by atoms with Crippen molar-refractivity contribution in [2.24, 2.45) is 0 Å². The molecule has 21 heavy (non-hydrogen) atoms. The molecular weight excluding hydrogens is 287 g/mol. The molecule has 114 valence electrons. The maximum absolute atomic E-state index is 12.3. The predicted molar refractivity (Wildman–Crippen MR) is 68.9 cm³/mol. The molecule has 0 aliphatic heterocycles. The van der Waals surface area contributed by atoms with Crippen LogP contribution in [0.5, 0.6) is 11.5 Å². The lowest BCUT2D eigenvalue weighted by molar-refractivity contribution is -0.275. The van der Waals surface area contributed by atoms with Crippen molar-refractivity contribution in [3.63, 3.8) is 0 Å². The van der Waals surface area contributed by atoms with Gasteiger partial charge in [-0.05, 0) is 25.2 Å². The van der Waals surface area contributed by atoms with E-state index in [-0.39, 0.29) is 18.1 Å². The number of halogens is 3. The average Bonchev–Trinajstić information content (AvgIpc) is 2.84. The van der Waals surface area contributed by atoms with Crippen LogP contribution in [0.2, 0.25) is 0 Å². The summed E-state index contributed by atoms with van der Waals surface area (Å²) in [5.74, 6) is 0.321. The third kappa shape index (κ3) is 4.42. The van der Waals surface area contributed by atoms with Gasteiger partial charge in [0.25, 0.3) is 0 Å². The number of nitrogens with one attached hydrogen (secondary N) is 1. The SMILES string of the molecule is CNCc1occc1COc1ccccc1OC(F)(F)F. The first-order valence-electron chi connectivity index (χ1n) is 6.17. The van der Waals surface area contributed by atoms with Gasteiger partial charge in [-0.15, -0.1) is 13.2 Å². The van der Waals surface area contributed by atoms with Crippen LogP contribution in [0.15, 0.2) is 41.0 Å². The van der Waals surface area contributed by atoms with Gasteiger partial charge in [0.2, 0.25) is 0 Å². The number of alkyl halides is 3. The second kappa shape index (κ2) is 6.53. The first kappa shape index (κ1) is 15.2.